The van der Waals surface area contributed by atoms with Crippen molar-refractivity contribution in [2.75, 3.05) is 13.2 Å². The fourth-order valence-electron chi connectivity index (χ4n) is 11.5. The molecule has 0 saturated carbocycles. The van der Waals surface area contributed by atoms with Gasteiger partial charge in [0.1, 0.15) is 0 Å². The fourth-order valence-corrected chi connectivity index (χ4v) is 11.5. The van der Waals surface area contributed by atoms with Crippen molar-refractivity contribution in [3.63, 3.8) is 0 Å². The Morgan fingerprint density at radius 1 is 0.354 bits per heavy atom. The van der Waals surface area contributed by atoms with Crippen molar-refractivity contribution in [2.24, 2.45) is 0 Å². The molecule has 0 aromatic rings. The third-order valence-corrected chi connectivity index (χ3v) is 17.0. The highest BCUT2D eigenvalue weighted by atomic mass is 16.5. The average Bonchev–Trinajstić information content (AvgIpc) is 3.45. The second-order valence-electron chi connectivity index (χ2n) is 24.9. The number of hydrogen-bond acceptors (Lipinski definition) is 5. The number of allylic oxidation sites excluding steroid dienone is 4. The van der Waals surface area contributed by atoms with E-state index in [2.05, 4.69) is 43.5 Å². The van der Waals surface area contributed by atoms with E-state index in [1.807, 2.05) is 0 Å². The van der Waals surface area contributed by atoms with E-state index < -0.39 is 12.1 Å². The van der Waals surface area contributed by atoms with Gasteiger partial charge in [-0.3, -0.25) is 9.59 Å². The van der Waals surface area contributed by atoms with Crippen LogP contribution < -0.4 is 5.32 Å². The van der Waals surface area contributed by atoms with Crippen LogP contribution >= 0.6 is 0 Å². The molecule has 468 valence electrons. The van der Waals surface area contributed by atoms with Crippen molar-refractivity contribution >= 4 is 11.9 Å². The number of hydrogen-bond donors (Lipinski definition) is 3. The third-order valence-electron chi connectivity index (χ3n) is 17.0. The van der Waals surface area contributed by atoms with E-state index in [-0.39, 0.29) is 18.5 Å². The van der Waals surface area contributed by atoms with Crippen LogP contribution in [-0.4, -0.2) is 47.4 Å². The van der Waals surface area contributed by atoms with Gasteiger partial charge in [0.15, 0.2) is 0 Å². The van der Waals surface area contributed by atoms with Crippen LogP contribution in [0.15, 0.2) is 24.3 Å². The summed E-state index contributed by atoms with van der Waals surface area (Å²) in [6.07, 6.45) is 86.8. The number of amides is 1. The van der Waals surface area contributed by atoms with Gasteiger partial charge in [0.05, 0.1) is 25.4 Å². The van der Waals surface area contributed by atoms with Gasteiger partial charge in [-0.1, -0.05) is 359 Å². The van der Waals surface area contributed by atoms with Crippen molar-refractivity contribution in [1.82, 2.24) is 5.32 Å². The molecule has 1 amide bonds. The molecule has 6 heteroatoms. The van der Waals surface area contributed by atoms with Gasteiger partial charge < -0.3 is 20.3 Å². The second kappa shape index (κ2) is 68.8. The summed E-state index contributed by atoms with van der Waals surface area (Å²) in [6.45, 7) is 4.96. The zero-order valence-electron chi connectivity index (χ0n) is 53.6. The molecular formula is C73H141NO5. The maximum absolute atomic E-state index is 12.5. The normalized spacial score (nSPS) is 12.6. The maximum atomic E-state index is 12.5. The molecule has 0 aliphatic carbocycles. The smallest absolute Gasteiger partial charge is 0.305 e. The molecule has 0 rings (SSSR count). The Kier molecular flexibility index (Phi) is 67.4. The van der Waals surface area contributed by atoms with Gasteiger partial charge in [-0.05, 0) is 57.8 Å². The van der Waals surface area contributed by atoms with E-state index in [1.54, 1.807) is 0 Å². The van der Waals surface area contributed by atoms with Gasteiger partial charge >= 0.3 is 5.97 Å². The number of carbonyl (C=O) groups is 2. The van der Waals surface area contributed by atoms with Crippen molar-refractivity contribution in [1.29, 1.82) is 0 Å². The number of esters is 1. The highest BCUT2D eigenvalue weighted by Crippen LogP contribution is 2.19. The summed E-state index contributed by atoms with van der Waals surface area (Å²) in [5.41, 5.74) is 0. The number of nitrogens with one attached hydrogen (secondary N) is 1. The Bertz CT molecular complexity index is 1230. The van der Waals surface area contributed by atoms with Gasteiger partial charge in [-0.25, -0.2) is 0 Å². The Balaban J connectivity index is 3.29. The van der Waals surface area contributed by atoms with Gasteiger partial charge in [-0.2, -0.15) is 0 Å². The number of aliphatic hydroxyl groups is 2. The standard InChI is InChI=1S/C73H141NO5/c1-3-5-7-9-11-13-15-16-17-18-37-40-43-47-51-55-59-63-67-73(78)79-68-64-60-56-52-48-44-41-38-35-33-31-29-27-25-23-21-19-20-22-24-26-28-30-32-34-36-39-42-46-50-54-58-62-66-72(77)74-70(69-75)71(76)65-61-57-53-49-45-14-12-10-8-6-4-2/h13,15,17-18,70-71,75-76H,3-12,14,16,19-69H2,1-2H3,(H,74,77)/b15-13-,18-17-. The first-order valence-corrected chi connectivity index (χ1v) is 36.1. The number of unbranched alkanes of at least 4 members (excludes halogenated alkanes) is 53. The SMILES string of the molecule is CCCCCC/C=C\C/C=C\CCCCCCCCCC(=O)OCCCCCCCCCCCCCCCCCCCCCCCCCCCCCCCCCCCC(=O)NC(CO)C(O)CCCCCCCCCCCCC. The largest absolute Gasteiger partial charge is 0.466 e. The minimum atomic E-state index is -0.659. The molecule has 0 spiro atoms. The van der Waals surface area contributed by atoms with Crippen LogP contribution in [0, 0.1) is 0 Å². The van der Waals surface area contributed by atoms with E-state index in [1.165, 1.54) is 321 Å². The third kappa shape index (κ3) is 65.4. The number of carbonyl (C=O) groups excluding carboxylic acids is 2. The lowest BCUT2D eigenvalue weighted by Gasteiger charge is -2.22. The quantitative estimate of drug-likeness (QED) is 0.0320. The minimum Gasteiger partial charge on any atom is -0.466 e. The number of rotatable bonds is 68. The monoisotopic (exact) mass is 1110 g/mol. The summed E-state index contributed by atoms with van der Waals surface area (Å²) >= 11 is 0. The molecule has 6 nitrogen and oxygen atoms in total. The first-order chi connectivity index (χ1) is 39.0. The van der Waals surface area contributed by atoms with Crippen LogP contribution in [0.5, 0.6) is 0 Å². The van der Waals surface area contributed by atoms with Crippen LogP contribution in [0.1, 0.15) is 406 Å². The average molecular weight is 1110 g/mol. The Labute approximate surface area is 494 Å². The molecule has 0 aromatic heterocycles. The van der Waals surface area contributed by atoms with Gasteiger partial charge in [0.2, 0.25) is 5.91 Å². The van der Waals surface area contributed by atoms with Crippen LogP contribution in [0.25, 0.3) is 0 Å². The Morgan fingerprint density at radius 3 is 0.975 bits per heavy atom. The molecule has 0 radical (unpaired) electrons. The number of aliphatic hydroxyl groups excluding tert-OH is 2. The summed E-state index contributed by atoms with van der Waals surface area (Å²) < 4.78 is 5.51. The van der Waals surface area contributed by atoms with Crippen LogP contribution in [0.3, 0.4) is 0 Å². The second-order valence-corrected chi connectivity index (χ2v) is 24.9. The summed E-state index contributed by atoms with van der Waals surface area (Å²) in [6, 6.07) is -0.536. The topological polar surface area (TPSA) is 95.9 Å². The lowest BCUT2D eigenvalue weighted by molar-refractivity contribution is -0.143. The maximum Gasteiger partial charge on any atom is 0.305 e. The molecule has 3 N–H and O–H groups in total. The molecule has 79 heavy (non-hydrogen) atoms. The van der Waals surface area contributed by atoms with Gasteiger partial charge in [0, 0.05) is 12.8 Å². The van der Waals surface area contributed by atoms with Gasteiger partial charge in [0.25, 0.3) is 0 Å². The summed E-state index contributed by atoms with van der Waals surface area (Å²) in [5, 5.41) is 23.2. The molecule has 2 unspecified atom stereocenters. The highest BCUT2D eigenvalue weighted by Gasteiger charge is 2.20. The van der Waals surface area contributed by atoms with E-state index in [9.17, 15) is 19.8 Å². The van der Waals surface area contributed by atoms with Crippen molar-refractivity contribution in [3.05, 3.63) is 24.3 Å². The predicted molar refractivity (Wildman–Crippen MR) is 347 cm³/mol. The first-order valence-electron chi connectivity index (χ1n) is 36.1. The lowest BCUT2D eigenvalue weighted by atomic mass is 10.0. The molecule has 0 aromatic carbocycles. The molecule has 0 heterocycles. The van der Waals surface area contributed by atoms with E-state index >= 15 is 0 Å². The summed E-state index contributed by atoms with van der Waals surface area (Å²) in [7, 11) is 0. The summed E-state index contributed by atoms with van der Waals surface area (Å²) in [4.78, 5) is 24.6. The first kappa shape index (κ1) is 77.3. The molecule has 0 aliphatic heterocycles. The van der Waals surface area contributed by atoms with E-state index in [0.717, 1.165) is 51.4 Å². The molecule has 0 aliphatic rings. The van der Waals surface area contributed by atoms with Crippen molar-refractivity contribution < 1.29 is 24.5 Å². The Morgan fingerprint density at radius 2 is 0.633 bits per heavy atom. The minimum absolute atomic E-state index is 0.0149. The van der Waals surface area contributed by atoms with E-state index in [4.69, 9.17) is 4.74 Å². The molecule has 0 saturated heterocycles. The molecule has 0 bridgehead atoms. The van der Waals surface area contributed by atoms with Crippen LogP contribution in [0.4, 0.5) is 0 Å². The van der Waals surface area contributed by atoms with Crippen molar-refractivity contribution in [2.45, 2.75) is 418 Å². The van der Waals surface area contributed by atoms with Crippen LogP contribution in [-0.2, 0) is 14.3 Å². The lowest BCUT2D eigenvalue weighted by Crippen LogP contribution is -2.45. The fraction of sp³-hybridized carbons (Fsp3) is 0.918. The zero-order valence-corrected chi connectivity index (χ0v) is 53.6. The zero-order chi connectivity index (χ0) is 57.1. The number of ether oxygens (including phenoxy) is 1. The van der Waals surface area contributed by atoms with E-state index in [0.29, 0.717) is 25.9 Å². The van der Waals surface area contributed by atoms with Crippen molar-refractivity contribution in [3.8, 4) is 0 Å². The molecular weight excluding hydrogens is 971 g/mol. The van der Waals surface area contributed by atoms with Gasteiger partial charge in [-0.15, -0.1) is 0 Å². The molecule has 2 atom stereocenters. The highest BCUT2D eigenvalue weighted by molar-refractivity contribution is 5.76. The molecule has 0 fully saturated rings. The summed E-state index contributed by atoms with van der Waals surface area (Å²) in [5.74, 6) is -0.0142. The Hall–Kier alpha value is -1.66. The predicted octanol–water partition coefficient (Wildman–Crippen LogP) is 23.3. The van der Waals surface area contributed by atoms with Crippen LogP contribution in [0.2, 0.25) is 0 Å².